The van der Waals surface area contributed by atoms with Gasteiger partial charge in [-0.1, -0.05) is 159 Å². The van der Waals surface area contributed by atoms with Gasteiger partial charge in [0.1, 0.15) is 0 Å². The van der Waals surface area contributed by atoms with Crippen LogP contribution in [0.4, 0.5) is 0 Å². The minimum atomic E-state index is -0.206. The van der Waals surface area contributed by atoms with E-state index in [-0.39, 0.29) is 120 Å². The van der Waals surface area contributed by atoms with Crippen molar-refractivity contribution in [1.29, 1.82) is 0 Å². The molecule has 0 unspecified atom stereocenters. The molecule has 461 valence electrons. The Labute approximate surface area is 530 Å². The van der Waals surface area contributed by atoms with Crippen molar-refractivity contribution in [2.24, 2.45) is 0 Å². The molecule has 6 bridgehead atoms. The SMILES string of the molecule is CCN1[B]N(CC)B(NB2N(CC)B3NB4N(CC)B(NC)N(CC)B(N4CC)N(B4N(CC)B(C)N(CC)B(NC)N4CC)B4N(CC)B(C)N(CC)B(N4CC)N(B4N(CC)B(C)N(CC)B(C)N4CC)B(N2CC)N3CC)N(CC)B1C. The highest BCUT2D eigenvalue weighted by Crippen LogP contribution is 2.37. The second kappa shape index (κ2) is 32.4. The van der Waals surface area contributed by atoms with Gasteiger partial charge in [-0.15, -0.1) is 0 Å². The van der Waals surface area contributed by atoms with Crippen LogP contribution in [0.15, 0.2) is 0 Å². The lowest BCUT2D eigenvalue weighted by molar-refractivity contribution is 0.339. The first-order valence-corrected chi connectivity index (χ1v) is 34.9. The fourth-order valence-corrected chi connectivity index (χ4v) is 17.6. The molecular weight excluding hydrogens is 1050 g/mol. The predicted octanol–water partition coefficient (Wildman–Crippen LogP) is -1.96. The van der Waals surface area contributed by atoms with Gasteiger partial charge >= 0.3 is 85.4 Å². The molecule has 0 saturated carbocycles. The summed E-state index contributed by atoms with van der Waals surface area (Å²) in [5.74, 6) is 0. The summed E-state index contributed by atoms with van der Waals surface area (Å²) in [6.07, 6.45) is 0. The maximum Gasteiger partial charge on any atom is 0.381 e. The zero-order valence-electron chi connectivity index (χ0n) is 59.1. The normalized spacial score (nSPS) is 24.2. The van der Waals surface area contributed by atoms with Crippen LogP contribution in [0.25, 0.3) is 0 Å². The zero-order valence-corrected chi connectivity index (χ0v) is 59.1. The Morgan fingerprint density at radius 1 is 0.259 bits per heavy atom. The largest absolute Gasteiger partial charge is 0.381 e. The summed E-state index contributed by atoms with van der Waals surface area (Å²) in [4.78, 5) is 0. The zero-order chi connectivity index (χ0) is 62.6. The minimum Gasteiger partial charge on any atom is -0.361 e. The number of nitrogens with zero attached hydrogens (tertiary/aromatic N) is 20. The molecule has 7 aliphatic heterocycles. The summed E-state index contributed by atoms with van der Waals surface area (Å²) < 4.78 is 56.6. The maximum atomic E-state index is 4.76. The van der Waals surface area contributed by atoms with Crippen molar-refractivity contribution in [3.05, 3.63) is 0 Å². The van der Waals surface area contributed by atoms with Gasteiger partial charge in [0.2, 0.25) is 0 Å². The van der Waals surface area contributed by atoms with E-state index in [1.165, 1.54) is 0 Å². The van der Waals surface area contributed by atoms with Gasteiger partial charge in [0, 0.05) is 0 Å². The third-order valence-electron chi connectivity index (χ3n) is 21.7. The van der Waals surface area contributed by atoms with Crippen LogP contribution in [0.1, 0.15) is 125 Å². The van der Waals surface area contributed by atoms with Gasteiger partial charge in [0.05, 0.1) is 0 Å². The number of hydrogen-bond donors (Lipinski definition) is 4. The Morgan fingerprint density at radius 2 is 0.529 bits per heavy atom. The summed E-state index contributed by atoms with van der Waals surface area (Å²) in [6.45, 7) is 72.5. The lowest BCUT2D eigenvalue weighted by atomic mass is 9.36. The standard InChI is InChI=1S/C43H115B18N24/c1-26-66-44-67(27-2)52(69(29-4)45(66)19)64-53-77(37-12)55-65-54-76(36-11)51(63-25)79(39-14)60(81(54)41-16)85(57-73(33-8)48(22)70(30-5)50(62-24)78(57)38-13)59-75(35-10)49(23)74(34-9)58(83(59)43-18)84(61(80(53)40-15)82(55)42-17)56-71(31-6)46(20)68(28-3)47(21)72(56)32-7/h62-65H,26-43H2,1-25H3. The number of hydrogen-bond acceptors (Lipinski definition) is 24. The van der Waals surface area contributed by atoms with Crippen molar-refractivity contribution < 1.29 is 0 Å². The van der Waals surface area contributed by atoms with Gasteiger partial charge in [-0.2, -0.15) is 0 Å². The molecule has 0 aromatic heterocycles. The van der Waals surface area contributed by atoms with Gasteiger partial charge < -0.3 is 115 Å². The van der Waals surface area contributed by atoms with E-state index in [0.29, 0.717) is 0 Å². The molecule has 85 heavy (non-hydrogen) atoms. The van der Waals surface area contributed by atoms with E-state index < -0.39 is 0 Å². The summed E-state index contributed by atoms with van der Waals surface area (Å²) in [5.41, 5.74) is 0. The van der Waals surface area contributed by atoms with E-state index in [1.54, 1.807) is 0 Å². The van der Waals surface area contributed by atoms with E-state index in [0.717, 1.165) is 118 Å². The Hall–Kier alpha value is 0.209. The first-order chi connectivity index (χ1) is 41.0. The smallest absolute Gasteiger partial charge is 0.361 e. The number of nitrogens with one attached hydrogen (secondary N) is 4. The highest BCUT2D eigenvalue weighted by Gasteiger charge is 2.71. The molecule has 0 aromatic carbocycles. The summed E-state index contributed by atoms with van der Waals surface area (Å²) in [6, 6.07) is 0. The molecule has 42 heteroatoms. The monoisotopic (exact) mass is 1170 g/mol. The number of rotatable bonds is 24. The molecule has 7 fully saturated rings. The fourth-order valence-electron chi connectivity index (χ4n) is 17.6. The molecule has 7 heterocycles. The van der Waals surface area contributed by atoms with E-state index >= 15 is 0 Å². The van der Waals surface area contributed by atoms with Gasteiger partial charge in [0.25, 0.3) is 42.5 Å². The van der Waals surface area contributed by atoms with Crippen molar-refractivity contribution in [1.82, 2.24) is 115 Å². The lowest BCUT2D eigenvalue weighted by Crippen LogP contribution is -3.00. The van der Waals surface area contributed by atoms with Crippen molar-refractivity contribution >= 4 is 128 Å². The van der Waals surface area contributed by atoms with Crippen LogP contribution in [-0.2, 0) is 0 Å². The summed E-state index contributed by atoms with van der Waals surface area (Å²) in [5, 5.41) is 17.3. The number of fused-ring (bicyclic) bond motifs is 6. The Morgan fingerprint density at radius 3 is 0.871 bits per heavy atom. The average Bonchev–Trinajstić information content (AvgIpc) is 0.748. The molecule has 7 saturated heterocycles. The van der Waals surface area contributed by atoms with Crippen molar-refractivity contribution in [3.8, 4) is 0 Å². The first-order valence-electron chi connectivity index (χ1n) is 34.9. The Kier molecular flexibility index (Phi) is 27.7. The first kappa shape index (κ1) is 72.6. The van der Waals surface area contributed by atoms with Crippen LogP contribution in [0.5, 0.6) is 0 Å². The van der Waals surface area contributed by atoms with E-state index in [4.69, 9.17) is 5.14 Å². The molecule has 7 aliphatic rings. The lowest BCUT2D eigenvalue weighted by Gasteiger charge is -2.68. The average molecular weight is 1160 g/mol. The third-order valence-corrected chi connectivity index (χ3v) is 21.7. The molecular formula is C43H115B18N24. The van der Waals surface area contributed by atoms with Gasteiger partial charge in [-0.25, -0.2) is 0 Å². The Bertz CT molecular complexity index is 2000. The van der Waals surface area contributed by atoms with Crippen LogP contribution in [0.2, 0.25) is 34.1 Å². The second-order valence-corrected chi connectivity index (χ2v) is 24.3. The molecule has 0 spiro atoms. The quantitative estimate of drug-likeness (QED) is 0.0804. The van der Waals surface area contributed by atoms with E-state index in [1.807, 2.05) is 0 Å². The topological polar surface area (TPSA) is 113 Å². The summed E-state index contributed by atoms with van der Waals surface area (Å²) >= 11 is 0. The third kappa shape index (κ3) is 12.6. The van der Waals surface area contributed by atoms with Gasteiger partial charge in [-0.3, -0.25) is 0 Å². The maximum absolute atomic E-state index is 4.76. The molecule has 0 aliphatic carbocycles. The van der Waals surface area contributed by atoms with Crippen LogP contribution in [-0.4, -0.2) is 354 Å². The molecule has 24 nitrogen and oxygen atoms in total. The molecule has 0 aromatic rings. The highest BCUT2D eigenvalue weighted by atomic mass is 15.6. The molecule has 0 amide bonds. The van der Waals surface area contributed by atoms with Crippen molar-refractivity contribution in [2.75, 3.05) is 132 Å². The molecule has 4 N–H and O–H groups in total. The minimum absolute atomic E-state index is 0.0165. The molecule has 1 radical (unpaired) electrons. The second-order valence-electron chi connectivity index (χ2n) is 24.3. The summed E-state index contributed by atoms with van der Waals surface area (Å²) in [7, 11) is 5.25. The van der Waals surface area contributed by atoms with E-state index in [9.17, 15) is 0 Å². The molecule has 0 atom stereocenters. The van der Waals surface area contributed by atoms with Crippen LogP contribution >= 0.6 is 0 Å². The molecule has 7 rings (SSSR count). The van der Waals surface area contributed by atoms with E-state index in [2.05, 4.69) is 290 Å². The van der Waals surface area contributed by atoms with Crippen molar-refractivity contribution in [3.63, 3.8) is 0 Å². The Balaban J connectivity index is 1.70. The van der Waals surface area contributed by atoms with Gasteiger partial charge in [0.15, 0.2) is 0 Å². The van der Waals surface area contributed by atoms with Crippen LogP contribution < -0.4 is 20.7 Å². The van der Waals surface area contributed by atoms with Gasteiger partial charge in [-0.05, 0) is 132 Å². The fraction of sp³-hybridized carbons (Fsp3) is 1.00. The van der Waals surface area contributed by atoms with Crippen LogP contribution in [0, 0.1) is 0 Å². The highest BCUT2D eigenvalue weighted by molar-refractivity contribution is 7.05. The van der Waals surface area contributed by atoms with Crippen molar-refractivity contribution in [2.45, 2.75) is 159 Å². The van der Waals surface area contributed by atoms with Crippen LogP contribution in [0.3, 0.4) is 0 Å². The predicted molar refractivity (Wildman–Crippen MR) is 384 cm³/mol.